The maximum absolute atomic E-state index is 11.2. The third-order valence-electron chi connectivity index (χ3n) is 5.90. The van der Waals surface area contributed by atoms with Gasteiger partial charge in [0.05, 0.1) is 0 Å². The smallest absolute Gasteiger partial charge is 0.359 e. The van der Waals surface area contributed by atoms with Crippen molar-refractivity contribution in [2.45, 2.75) is 41.9 Å². The molecule has 7 nitrogen and oxygen atoms in total. The summed E-state index contributed by atoms with van der Waals surface area (Å²) >= 11 is 1.55. The van der Waals surface area contributed by atoms with E-state index in [-0.39, 0.29) is 5.69 Å². The maximum Gasteiger partial charge on any atom is 0.359 e. The highest BCUT2D eigenvalue weighted by molar-refractivity contribution is 7.99. The Hall–Kier alpha value is -2.06. The lowest BCUT2D eigenvalue weighted by atomic mass is 9.84. The predicted octanol–water partition coefficient (Wildman–Crippen LogP) is 3.07. The van der Waals surface area contributed by atoms with E-state index in [2.05, 4.69) is 56.5 Å². The summed E-state index contributed by atoms with van der Waals surface area (Å²) in [7, 11) is 2.18. The van der Waals surface area contributed by atoms with E-state index >= 15 is 0 Å². The zero-order valence-corrected chi connectivity index (χ0v) is 17.0. The number of carboxylic acid groups (broad SMARTS) is 1. The maximum atomic E-state index is 11.2. The van der Waals surface area contributed by atoms with E-state index in [1.54, 1.807) is 11.8 Å². The predicted molar refractivity (Wildman–Crippen MR) is 110 cm³/mol. The number of likely N-dealkylation sites (N-methyl/N-ethyl adjacent to an activating group) is 1. The van der Waals surface area contributed by atoms with Gasteiger partial charge in [-0.1, -0.05) is 23.9 Å². The summed E-state index contributed by atoms with van der Waals surface area (Å²) in [5.41, 5.74) is 2.79. The topological polar surface area (TPSA) is 85.4 Å². The van der Waals surface area contributed by atoms with Crippen LogP contribution in [0, 0.1) is 0 Å². The van der Waals surface area contributed by atoms with E-state index in [9.17, 15) is 4.79 Å². The highest BCUT2D eigenvalue weighted by Crippen LogP contribution is 2.40. The van der Waals surface area contributed by atoms with Crippen LogP contribution in [0.25, 0.3) is 0 Å². The molecule has 1 aromatic heterocycles. The Labute approximate surface area is 169 Å². The average Bonchev–Trinajstić information content (AvgIpc) is 3.18. The number of aromatic amines is 1. The van der Waals surface area contributed by atoms with Crippen LogP contribution in [0.15, 0.2) is 29.3 Å². The number of carbonyl (C=O) groups is 1. The molecule has 0 radical (unpaired) electrons. The number of aromatic nitrogens is 3. The summed E-state index contributed by atoms with van der Waals surface area (Å²) in [4.78, 5) is 16.0. The normalized spacial score (nSPS) is 23.7. The second kappa shape index (κ2) is 8.53. The van der Waals surface area contributed by atoms with E-state index in [4.69, 9.17) is 5.11 Å². The third-order valence-corrected chi connectivity index (χ3v) is 7.22. The number of nitrogens with zero attached hydrogens (tertiary/aromatic N) is 4. The number of carboxylic acids is 1. The molecule has 8 heteroatoms. The molecule has 28 heavy (non-hydrogen) atoms. The number of aromatic carboxylic acids is 1. The van der Waals surface area contributed by atoms with Crippen molar-refractivity contribution in [2.75, 3.05) is 38.1 Å². The standard InChI is InChI=1S/C20H27N5O2S/c1-24-10-12-25(13-11-24)16-6-2-14(3-7-16)15-4-8-17(9-5-15)28-19-18(20(26)27)21-23-22-19/h2-3,6-7,15,17H,4-5,8-13H2,1H3,(H,26,27)(H,21,22,23). The Bertz CT molecular complexity index is 793. The first kappa shape index (κ1) is 19.3. The molecule has 1 aliphatic carbocycles. The Morgan fingerprint density at radius 1 is 1.07 bits per heavy atom. The van der Waals surface area contributed by atoms with Crippen LogP contribution >= 0.6 is 11.8 Å². The quantitative estimate of drug-likeness (QED) is 0.796. The molecule has 0 spiro atoms. The van der Waals surface area contributed by atoms with Crippen LogP contribution in [0.5, 0.6) is 0 Å². The molecule has 0 bridgehead atoms. The minimum Gasteiger partial charge on any atom is -0.476 e. The molecule has 0 atom stereocenters. The zero-order chi connectivity index (χ0) is 19.5. The molecule has 4 rings (SSSR count). The van der Waals surface area contributed by atoms with Gasteiger partial charge in [0.2, 0.25) is 5.69 Å². The molecule has 1 aliphatic heterocycles. The van der Waals surface area contributed by atoms with Gasteiger partial charge in [0.25, 0.3) is 0 Å². The van der Waals surface area contributed by atoms with Gasteiger partial charge in [0.15, 0.2) is 5.03 Å². The molecule has 150 valence electrons. The number of anilines is 1. The van der Waals surface area contributed by atoms with Crippen LogP contribution in [0.4, 0.5) is 5.69 Å². The Morgan fingerprint density at radius 3 is 2.39 bits per heavy atom. The van der Waals surface area contributed by atoms with Gasteiger partial charge in [-0.05, 0) is 56.3 Å². The second-order valence-electron chi connectivity index (χ2n) is 7.76. The van der Waals surface area contributed by atoms with Gasteiger partial charge < -0.3 is 14.9 Å². The number of benzene rings is 1. The van der Waals surface area contributed by atoms with Crippen molar-refractivity contribution in [1.82, 2.24) is 20.3 Å². The fourth-order valence-corrected chi connectivity index (χ4v) is 5.30. The number of nitrogens with one attached hydrogen (secondary N) is 1. The van der Waals surface area contributed by atoms with Crippen molar-refractivity contribution in [2.24, 2.45) is 0 Å². The fourth-order valence-electron chi connectivity index (χ4n) is 4.14. The molecular formula is C20H27N5O2S. The van der Waals surface area contributed by atoms with Crippen LogP contribution in [-0.4, -0.2) is 69.9 Å². The van der Waals surface area contributed by atoms with Crippen molar-refractivity contribution < 1.29 is 9.90 Å². The summed E-state index contributed by atoms with van der Waals surface area (Å²) in [6.07, 6.45) is 4.40. The molecule has 1 aromatic carbocycles. The molecule has 2 aliphatic rings. The zero-order valence-electron chi connectivity index (χ0n) is 16.2. The van der Waals surface area contributed by atoms with Gasteiger partial charge in [0, 0.05) is 37.1 Å². The summed E-state index contributed by atoms with van der Waals surface area (Å²) < 4.78 is 0. The molecule has 0 amide bonds. The van der Waals surface area contributed by atoms with Crippen LogP contribution in [0.1, 0.15) is 47.7 Å². The lowest BCUT2D eigenvalue weighted by Gasteiger charge is -2.34. The van der Waals surface area contributed by atoms with Gasteiger partial charge in [-0.3, -0.25) is 0 Å². The van der Waals surface area contributed by atoms with Crippen molar-refractivity contribution in [3.8, 4) is 0 Å². The number of piperazine rings is 1. The minimum atomic E-state index is -1.02. The van der Waals surface area contributed by atoms with Gasteiger partial charge in [-0.15, -0.1) is 10.2 Å². The van der Waals surface area contributed by atoms with Crippen LogP contribution in [0.3, 0.4) is 0 Å². The van der Waals surface area contributed by atoms with Gasteiger partial charge >= 0.3 is 5.97 Å². The number of hydrogen-bond donors (Lipinski definition) is 2. The lowest BCUT2D eigenvalue weighted by Crippen LogP contribution is -2.44. The number of hydrogen-bond acceptors (Lipinski definition) is 6. The summed E-state index contributed by atoms with van der Waals surface area (Å²) in [6.45, 7) is 4.44. The fraction of sp³-hybridized carbons (Fsp3) is 0.550. The second-order valence-corrected chi connectivity index (χ2v) is 9.04. The molecule has 1 saturated carbocycles. The molecular weight excluding hydrogens is 374 g/mol. The summed E-state index contributed by atoms with van der Waals surface area (Å²) in [5, 5.41) is 20.2. The van der Waals surface area contributed by atoms with E-state index in [0.717, 1.165) is 51.9 Å². The molecule has 1 saturated heterocycles. The first-order chi connectivity index (χ1) is 13.6. The van der Waals surface area contributed by atoms with Crippen molar-refractivity contribution >= 4 is 23.4 Å². The van der Waals surface area contributed by atoms with Crippen LogP contribution in [0.2, 0.25) is 0 Å². The Balaban J connectivity index is 1.31. The average molecular weight is 402 g/mol. The molecule has 2 aromatic rings. The number of thioether (sulfide) groups is 1. The van der Waals surface area contributed by atoms with Crippen molar-refractivity contribution in [3.05, 3.63) is 35.5 Å². The SMILES string of the molecule is CN1CCN(c2ccc(C3CCC(Sc4n[nH]nc4C(=O)O)CC3)cc2)CC1. The Morgan fingerprint density at radius 2 is 1.75 bits per heavy atom. The molecule has 2 fully saturated rings. The first-order valence-corrected chi connectivity index (χ1v) is 10.8. The van der Waals surface area contributed by atoms with Crippen LogP contribution < -0.4 is 4.90 Å². The third kappa shape index (κ3) is 4.33. The van der Waals surface area contributed by atoms with Gasteiger partial charge in [-0.2, -0.15) is 5.21 Å². The monoisotopic (exact) mass is 401 g/mol. The number of rotatable bonds is 5. The van der Waals surface area contributed by atoms with Gasteiger partial charge in [0.1, 0.15) is 0 Å². The minimum absolute atomic E-state index is 0.0339. The van der Waals surface area contributed by atoms with Gasteiger partial charge in [-0.25, -0.2) is 4.79 Å². The van der Waals surface area contributed by atoms with E-state index in [1.807, 2.05) is 0 Å². The van der Waals surface area contributed by atoms with Crippen molar-refractivity contribution in [3.63, 3.8) is 0 Å². The number of H-pyrrole nitrogens is 1. The summed E-state index contributed by atoms with van der Waals surface area (Å²) in [6, 6.07) is 9.14. The van der Waals surface area contributed by atoms with E-state index in [1.165, 1.54) is 11.3 Å². The van der Waals surface area contributed by atoms with Crippen LogP contribution in [-0.2, 0) is 0 Å². The Kier molecular flexibility index (Phi) is 5.87. The van der Waals surface area contributed by atoms with E-state index < -0.39 is 5.97 Å². The van der Waals surface area contributed by atoms with E-state index in [0.29, 0.717) is 16.2 Å². The molecule has 2 heterocycles. The lowest BCUT2D eigenvalue weighted by molar-refractivity contribution is 0.0686. The highest BCUT2D eigenvalue weighted by atomic mass is 32.2. The van der Waals surface area contributed by atoms with Crippen molar-refractivity contribution in [1.29, 1.82) is 0 Å². The first-order valence-electron chi connectivity index (χ1n) is 9.94. The summed E-state index contributed by atoms with van der Waals surface area (Å²) in [5.74, 6) is -0.431. The highest BCUT2D eigenvalue weighted by Gasteiger charge is 2.26. The largest absolute Gasteiger partial charge is 0.476 e. The molecule has 0 unspecified atom stereocenters. The molecule has 2 N–H and O–H groups in total.